The number of anilines is 1. The molecule has 1 aromatic carbocycles. The summed E-state index contributed by atoms with van der Waals surface area (Å²) in [5, 5.41) is 13.9. The molecule has 6 heteroatoms. The number of nitrogens with one attached hydrogen (secondary N) is 3. The molecule has 3 N–H and O–H groups in total. The SMILES string of the molecule is Cc1ccc(N2CCC(NC3CCC(C(=O)NCCc4ccn[nH]4)CC3)CC2)cc1. The standard InChI is InChI=1S/C24H35N5O/c1-18-2-8-23(9-3-18)29-16-12-21(13-17-29)27-20-6-4-19(5-7-20)24(30)25-14-10-22-11-15-26-28-22/h2-3,8-9,11,15,19-21,27H,4-7,10,12-14,16-17H2,1H3,(H,25,30)(H,26,28). The summed E-state index contributed by atoms with van der Waals surface area (Å²) in [6.45, 7) is 5.06. The quantitative estimate of drug-likeness (QED) is 0.657. The number of hydrogen-bond acceptors (Lipinski definition) is 4. The van der Waals surface area contributed by atoms with Crippen LogP contribution in [-0.4, -0.2) is 47.8 Å². The third kappa shape index (κ3) is 5.63. The van der Waals surface area contributed by atoms with Crippen molar-refractivity contribution in [3.8, 4) is 0 Å². The van der Waals surface area contributed by atoms with Gasteiger partial charge in [0.15, 0.2) is 0 Å². The first-order valence-electron chi connectivity index (χ1n) is 11.5. The van der Waals surface area contributed by atoms with Gasteiger partial charge in [0.1, 0.15) is 0 Å². The second kappa shape index (κ2) is 10.1. The molecule has 4 rings (SSSR count). The second-order valence-electron chi connectivity index (χ2n) is 8.93. The molecule has 1 aliphatic carbocycles. The number of carbonyl (C=O) groups excluding carboxylic acids is 1. The smallest absolute Gasteiger partial charge is 0.223 e. The first-order valence-corrected chi connectivity index (χ1v) is 11.5. The maximum Gasteiger partial charge on any atom is 0.223 e. The van der Waals surface area contributed by atoms with Crippen LogP contribution in [0.4, 0.5) is 5.69 Å². The molecule has 1 amide bonds. The number of hydrogen-bond donors (Lipinski definition) is 3. The lowest BCUT2D eigenvalue weighted by Crippen LogP contribution is -2.48. The van der Waals surface area contributed by atoms with Crippen LogP contribution in [0, 0.1) is 12.8 Å². The summed E-state index contributed by atoms with van der Waals surface area (Å²) >= 11 is 0. The van der Waals surface area contributed by atoms with Gasteiger partial charge >= 0.3 is 0 Å². The summed E-state index contributed by atoms with van der Waals surface area (Å²) in [5.41, 5.74) is 3.73. The minimum atomic E-state index is 0.174. The third-order valence-corrected chi connectivity index (χ3v) is 6.72. The van der Waals surface area contributed by atoms with E-state index in [-0.39, 0.29) is 11.8 Å². The lowest BCUT2D eigenvalue weighted by Gasteiger charge is -2.37. The molecule has 2 heterocycles. The number of benzene rings is 1. The summed E-state index contributed by atoms with van der Waals surface area (Å²) in [6.07, 6.45) is 9.16. The number of nitrogens with zero attached hydrogens (tertiary/aromatic N) is 2. The summed E-state index contributed by atoms with van der Waals surface area (Å²) < 4.78 is 0. The Hall–Kier alpha value is -2.34. The Kier molecular flexibility index (Phi) is 7.05. The van der Waals surface area contributed by atoms with E-state index in [1.165, 1.54) is 24.1 Å². The molecule has 2 aliphatic rings. The number of aromatic nitrogens is 2. The van der Waals surface area contributed by atoms with Gasteiger partial charge in [0, 0.05) is 61.6 Å². The van der Waals surface area contributed by atoms with Crippen molar-refractivity contribution in [2.24, 2.45) is 5.92 Å². The van der Waals surface area contributed by atoms with Crippen molar-refractivity contribution >= 4 is 11.6 Å². The highest BCUT2D eigenvalue weighted by Gasteiger charge is 2.28. The first-order chi connectivity index (χ1) is 14.7. The van der Waals surface area contributed by atoms with Crippen molar-refractivity contribution in [3.05, 3.63) is 47.8 Å². The number of aromatic amines is 1. The lowest BCUT2D eigenvalue weighted by atomic mass is 9.84. The van der Waals surface area contributed by atoms with E-state index in [1.54, 1.807) is 6.20 Å². The number of H-pyrrole nitrogens is 1. The largest absolute Gasteiger partial charge is 0.371 e. The number of carbonyl (C=O) groups is 1. The first kappa shape index (κ1) is 20.9. The molecule has 162 valence electrons. The van der Waals surface area contributed by atoms with Crippen molar-refractivity contribution < 1.29 is 4.79 Å². The van der Waals surface area contributed by atoms with Gasteiger partial charge in [-0.1, -0.05) is 17.7 Å². The summed E-state index contributed by atoms with van der Waals surface area (Å²) in [6, 6.07) is 12.0. The molecule has 2 fully saturated rings. The minimum Gasteiger partial charge on any atom is -0.371 e. The van der Waals surface area contributed by atoms with Gasteiger partial charge in [-0.3, -0.25) is 9.89 Å². The molecule has 30 heavy (non-hydrogen) atoms. The molecule has 2 aromatic rings. The number of amides is 1. The predicted molar refractivity (Wildman–Crippen MR) is 121 cm³/mol. The molecule has 1 saturated heterocycles. The fraction of sp³-hybridized carbons (Fsp3) is 0.583. The van der Waals surface area contributed by atoms with Crippen molar-refractivity contribution in [1.29, 1.82) is 0 Å². The van der Waals surface area contributed by atoms with Gasteiger partial charge in [0.2, 0.25) is 5.91 Å². The van der Waals surface area contributed by atoms with Gasteiger partial charge in [-0.25, -0.2) is 0 Å². The van der Waals surface area contributed by atoms with Gasteiger partial charge in [0.05, 0.1) is 0 Å². The second-order valence-corrected chi connectivity index (χ2v) is 8.93. The molecule has 0 unspecified atom stereocenters. The number of aryl methyl sites for hydroxylation is 1. The van der Waals surface area contributed by atoms with Crippen molar-refractivity contribution in [3.63, 3.8) is 0 Å². The third-order valence-electron chi connectivity index (χ3n) is 6.72. The van der Waals surface area contributed by atoms with E-state index < -0.39 is 0 Å². The summed E-state index contributed by atoms with van der Waals surface area (Å²) in [5.74, 6) is 0.396. The number of rotatable bonds is 7. The highest BCUT2D eigenvalue weighted by molar-refractivity contribution is 5.78. The van der Waals surface area contributed by atoms with Crippen LogP contribution in [0.15, 0.2) is 36.5 Å². The highest BCUT2D eigenvalue weighted by atomic mass is 16.1. The monoisotopic (exact) mass is 409 g/mol. The van der Waals surface area contributed by atoms with Gasteiger partial charge in [0.25, 0.3) is 0 Å². The topological polar surface area (TPSA) is 73.1 Å². The zero-order chi connectivity index (χ0) is 20.8. The molecular formula is C24H35N5O. The van der Waals surface area contributed by atoms with Crippen LogP contribution in [0.25, 0.3) is 0 Å². The normalized spacial score (nSPS) is 22.8. The van der Waals surface area contributed by atoms with E-state index in [2.05, 4.69) is 56.9 Å². The van der Waals surface area contributed by atoms with E-state index in [1.807, 2.05) is 6.07 Å². The molecule has 1 aromatic heterocycles. The Balaban J connectivity index is 1.13. The van der Waals surface area contributed by atoms with Crippen LogP contribution >= 0.6 is 0 Å². The van der Waals surface area contributed by atoms with E-state index in [0.29, 0.717) is 18.6 Å². The van der Waals surface area contributed by atoms with Gasteiger partial charge in [-0.15, -0.1) is 0 Å². The minimum absolute atomic E-state index is 0.174. The van der Waals surface area contributed by atoms with E-state index >= 15 is 0 Å². The van der Waals surface area contributed by atoms with Crippen LogP contribution in [0.5, 0.6) is 0 Å². The van der Waals surface area contributed by atoms with Gasteiger partial charge in [-0.2, -0.15) is 5.10 Å². The van der Waals surface area contributed by atoms with Crippen LogP contribution in [0.3, 0.4) is 0 Å². The van der Waals surface area contributed by atoms with E-state index in [9.17, 15) is 4.79 Å². The molecular weight excluding hydrogens is 374 g/mol. The molecule has 0 atom stereocenters. The molecule has 0 spiro atoms. The maximum atomic E-state index is 12.5. The lowest BCUT2D eigenvalue weighted by molar-refractivity contribution is -0.126. The predicted octanol–water partition coefficient (Wildman–Crippen LogP) is 3.19. The maximum absolute atomic E-state index is 12.5. The number of piperidine rings is 1. The average Bonchev–Trinajstić information content (AvgIpc) is 3.29. The molecule has 6 nitrogen and oxygen atoms in total. The zero-order valence-electron chi connectivity index (χ0n) is 18.1. The van der Waals surface area contributed by atoms with Crippen LogP contribution in [-0.2, 0) is 11.2 Å². The van der Waals surface area contributed by atoms with Crippen LogP contribution < -0.4 is 15.5 Å². The Morgan fingerprint density at radius 3 is 2.40 bits per heavy atom. The zero-order valence-corrected chi connectivity index (χ0v) is 18.1. The van der Waals surface area contributed by atoms with Crippen LogP contribution in [0.2, 0.25) is 0 Å². The Morgan fingerprint density at radius 2 is 1.73 bits per heavy atom. The van der Waals surface area contributed by atoms with E-state index in [4.69, 9.17) is 0 Å². The highest BCUT2D eigenvalue weighted by Crippen LogP contribution is 2.26. The van der Waals surface area contributed by atoms with Crippen molar-refractivity contribution in [2.45, 2.75) is 64.0 Å². The van der Waals surface area contributed by atoms with Crippen molar-refractivity contribution in [2.75, 3.05) is 24.5 Å². The summed E-state index contributed by atoms with van der Waals surface area (Å²) in [4.78, 5) is 15.0. The molecule has 0 bridgehead atoms. The Morgan fingerprint density at radius 1 is 1.03 bits per heavy atom. The van der Waals surface area contributed by atoms with Crippen LogP contribution in [0.1, 0.15) is 49.8 Å². The fourth-order valence-corrected chi connectivity index (χ4v) is 4.80. The molecule has 1 saturated carbocycles. The Labute approximate surface area is 179 Å². The molecule has 1 aliphatic heterocycles. The van der Waals surface area contributed by atoms with Gasteiger partial charge in [-0.05, 0) is 63.6 Å². The summed E-state index contributed by atoms with van der Waals surface area (Å²) in [7, 11) is 0. The fourth-order valence-electron chi connectivity index (χ4n) is 4.80. The van der Waals surface area contributed by atoms with Crippen molar-refractivity contribution in [1.82, 2.24) is 20.8 Å². The van der Waals surface area contributed by atoms with Gasteiger partial charge < -0.3 is 15.5 Å². The Bertz CT molecular complexity index is 772. The van der Waals surface area contributed by atoms with E-state index in [0.717, 1.165) is 50.9 Å². The average molecular weight is 410 g/mol. The molecule has 0 radical (unpaired) electrons.